The van der Waals surface area contributed by atoms with Gasteiger partial charge in [-0.25, -0.2) is 0 Å². The Morgan fingerprint density at radius 2 is 1.88 bits per heavy atom. The molecular weight excluding hydrogens is 202 g/mol. The van der Waals surface area contributed by atoms with E-state index in [2.05, 4.69) is 0 Å². The summed E-state index contributed by atoms with van der Waals surface area (Å²) in [6, 6.07) is 8.01. The van der Waals surface area contributed by atoms with Gasteiger partial charge in [-0.3, -0.25) is 0 Å². The molecule has 16 heavy (non-hydrogen) atoms. The quantitative estimate of drug-likeness (QED) is 0.802. The van der Waals surface area contributed by atoms with Crippen molar-refractivity contribution in [2.45, 2.75) is 25.9 Å². The lowest BCUT2D eigenvalue weighted by Crippen LogP contribution is -2.39. The fraction of sp³-hybridized carbons (Fsp3) is 0.538. The molecule has 0 amide bonds. The molecule has 3 nitrogen and oxygen atoms in total. The fourth-order valence-corrected chi connectivity index (χ4v) is 1.71. The smallest absolute Gasteiger partial charge is 0.118 e. The Morgan fingerprint density at radius 3 is 2.31 bits per heavy atom. The lowest BCUT2D eigenvalue weighted by atomic mass is 9.96. The zero-order valence-electron chi connectivity index (χ0n) is 10.3. The van der Waals surface area contributed by atoms with Crippen LogP contribution in [0.2, 0.25) is 0 Å². The van der Waals surface area contributed by atoms with Crippen LogP contribution in [-0.4, -0.2) is 25.9 Å². The Balaban J connectivity index is 2.70. The number of hydrogen-bond acceptors (Lipinski definition) is 3. The molecule has 0 bridgehead atoms. The third-order valence-corrected chi connectivity index (χ3v) is 2.66. The van der Waals surface area contributed by atoms with Crippen molar-refractivity contribution < 1.29 is 9.47 Å². The van der Waals surface area contributed by atoms with E-state index in [9.17, 15) is 0 Å². The standard InChI is InChI=1S/C13H21NO2/c1-4-16-13(2,10-14)9-11-5-7-12(15-3)8-6-11/h5-8H,4,9-10,14H2,1-3H3. The van der Waals surface area contributed by atoms with Crippen LogP contribution in [0.25, 0.3) is 0 Å². The topological polar surface area (TPSA) is 44.5 Å². The van der Waals surface area contributed by atoms with Crippen LogP contribution in [0.5, 0.6) is 5.75 Å². The van der Waals surface area contributed by atoms with Crippen molar-refractivity contribution >= 4 is 0 Å². The molecule has 0 saturated heterocycles. The van der Waals surface area contributed by atoms with Crippen LogP contribution in [0.3, 0.4) is 0 Å². The predicted octanol–water partition coefficient (Wildman–Crippen LogP) is 1.99. The van der Waals surface area contributed by atoms with Crippen LogP contribution in [0.1, 0.15) is 19.4 Å². The molecule has 3 heteroatoms. The Kier molecular flexibility index (Phi) is 4.77. The number of hydrogen-bond donors (Lipinski definition) is 1. The molecule has 0 aliphatic carbocycles. The van der Waals surface area contributed by atoms with E-state index in [1.165, 1.54) is 5.56 Å². The summed E-state index contributed by atoms with van der Waals surface area (Å²) in [4.78, 5) is 0. The van der Waals surface area contributed by atoms with E-state index in [0.717, 1.165) is 12.2 Å². The molecule has 2 N–H and O–H groups in total. The Bertz CT molecular complexity index is 310. The minimum atomic E-state index is -0.274. The molecule has 0 heterocycles. The Hall–Kier alpha value is -1.06. The first-order valence-corrected chi connectivity index (χ1v) is 5.60. The van der Waals surface area contributed by atoms with Crippen molar-refractivity contribution in [3.05, 3.63) is 29.8 Å². The van der Waals surface area contributed by atoms with E-state index in [-0.39, 0.29) is 5.60 Å². The molecule has 90 valence electrons. The van der Waals surface area contributed by atoms with Gasteiger partial charge in [-0.15, -0.1) is 0 Å². The van der Waals surface area contributed by atoms with Crippen molar-refractivity contribution in [3.8, 4) is 5.75 Å². The van der Waals surface area contributed by atoms with Crippen molar-refractivity contribution in [1.29, 1.82) is 0 Å². The molecule has 1 aromatic carbocycles. The normalized spacial score (nSPS) is 14.5. The van der Waals surface area contributed by atoms with Crippen LogP contribution in [0.4, 0.5) is 0 Å². The van der Waals surface area contributed by atoms with Gasteiger partial charge in [-0.1, -0.05) is 12.1 Å². The number of nitrogens with two attached hydrogens (primary N) is 1. The highest BCUT2D eigenvalue weighted by Gasteiger charge is 2.22. The Labute approximate surface area is 97.6 Å². The maximum Gasteiger partial charge on any atom is 0.118 e. The van der Waals surface area contributed by atoms with Crippen molar-refractivity contribution in [3.63, 3.8) is 0 Å². The maximum absolute atomic E-state index is 5.75. The van der Waals surface area contributed by atoms with Crippen LogP contribution >= 0.6 is 0 Å². The summed E-state index contributed by atoms with van der Waals surface area (Å²) in [5, 5.41) is 0. The predicted molar refractivity (Wildman–Crippen MR) is 65.8 cm³/mol. The highest BCUT2D eigenvalue weighted by molar-refractivity contribution is 5.28. The molecule has 0 spiro atoms. The third-order valence-electron chi connectivity index (χ3n) is 2.66. The van der Waals surface area contributed by atoms with E-state index >= 15 is 0 Å². The molecule has 0 saturated carbocycles. The number of ether oxygens (including phenoxy) is 2. The lowest BCUT2D eigenvalue weighted by Gasteiger charge is -2.28. The molecule has 0 aliphatic rings. The van der Waals surface area contributed by atoms with Gasteiger partial charge >= 0.3 is 0 Å². The second kappa shape index (κ2) is 5.87. The van der Waals surface area contributed by atoms with E-state index in [1.807, 2.05) is 38.1 Å². The average molecular weight is 223 g/mol. The first-order chi connectivity index (χ1) is 7.63. The second-order valence-electron chi connectivity index (χ2n) is 4.11. The summed E-state index contributed by atoms with van der Waals surface area (Å²) < 4.78 is 10.8. The largest absolute Gasteiger partial charge is 0.497 e. The summed E-state index contributed by atoms with van der Waals surface area (Å²) >= 11 is 0. The molecule has 0 radical (unpaired) electrons. The van der Waals surface area contributed by atoms with Crippen molar-refractivity contribution in [2.75, 3.05) is 20.3 Å². The lowest BCUT2D eigenvalue weighted by molar-refractivity contribution is -0.0171. The second-order valence-corrected chi connectivity index (χ2v) is 4.11. The summed E-state index contributed by atoms with van der Waals surface area (Å²) in [6.07, 6.45) is 0.821. The van der Waals surface area contributed by atoms with Gasteiger partial charge in [0.05, 0.1) is 12.7 Å². The SMILES string of the molecule is CCOC(C)(CN)Cc1ccc(OC)cc1. The zero-order chi connectivity index (χ0) is 12.0. The highest BCUT2D eigenvalue weighted by atomic mass is 16.5. The van der Waals surface area contributed by atoms with Crippen molar-refractivity contribution in [2.24, 2.45) is 5.73 Å². The molecule has 0 fully saturated rings. The van der Waals surface area contributed by atoms with Gasteiger partial charge in [0.2, 0.25) is 0 Å². The van der Waals surface area contributed by atoms with Gasteiger partial charge < -0.3 is 15.2 Å². The van der Waals surface area contributed by atoms with E-state index in [0.29, 0.717) is 13.2 Å². The minimum absolute atomic E-state index is 0.274. The number of benzene rings is 1. The Morgan fingerprint density at radius 1 is 1.25 bits per heavy atom. The summed E-state index contributed by atoms with van der Waals surface area (Å²) in [6.45, 7) is 5.24. The summed E-state index contributed by atoms with van der Waals surface area (Å²) in [5.74, 6) is 0.870. The van der Waals surface area contributed by atoms with Gasteiger partial charge in [0.25, 0.3) is 0 Å². The third kappa shape index (κ3) is 3.51. The number of rotatable bonds is 6. The monoisotopic (exact) mass is 223 g/mol. The maximum atomic E-state index is 5.75. The van der Waals surface area contributed by atoms with Crippen LogP contribution < -0.4 is 10.5 Å². The molecule has 1 aromatic rings. The van der Waals surface area contributed by atoms with Crippen molar-refractivity contribution in [1.82, 2.24) is 0 Å². The van der Waals surface area contributed by atoms with Gasteiger partial charge in [0.15, 0.2) is 0 Å². The summed E-state index contributed by atoms with van der Waals surface area (Å²) in [7, 11) is 1.67. The van der Waals surface area contributed by atoms with Gasteiger partial charge in [0, 0.05) is 19.6 Å². The van der Waals surface area contributed by atoms with E-state index in [4.69, 9.17) is 15.2 Å². The summed E-state index contributed by atoms with van der Waals surface area (Å²) in [5.41, 5.74) is 6.68. The molecule has 1 unspecified atom stereocenters. The van der Waals surface area contributed by atoms with E-state index < -0.39 is 0 Å². The highest BCUT2D eigenvalue weighted by Crippen LogP contribution is 2.19. The molecule has 0 aliphatic heterocycles. The van der Waals surface area contributed by atoms with Crippen LogP contribution in [0.15, 0.2) is 24.3 Å². The average Bonchev–Trinajstić information content (AvgIpc) is 2.30. The van der Waals surface area contributed by atoms with Crippen LogP contribution in [0, 0.1) is 0 Å². The van der Waals surface area contributed by atoms with Gasteiger partial charge in [0.1, 0.15) is 5.75 Å². The van der Waals surface area contributed by atoms with Gasteiger partial charge in [-0.05, 0) is 31.5 Å². The molecular formula is C13H21NO2. The first-order valence-electron chi connectivity index (χ1n) is 5.60. The molecule has 0 aromatic heterocycles. The molecule has 1 rings (SSSR count). The van der Waals surface area contributed by atoms with E-state index in [1.54, 1.807) is 7.11 Å². The zero-order valence-corrected chi connectivity index (χ0v) is 10.3. The van der Waals surface area contributed by atoms with Gasteiger partial charge in [-0.2, -0.15) is 0 Å². The fourth-order valence-electron chi connectivity index (χ4n) is 1.71. The molecule has 1 atom stereocenters. The van der Waals surface area contributed by atoms with Crippen LogP contribution in [-0.2, 0) is 11.2 Å². The first kappa shape index (κ1) is 13.0. The number of methoxy groups -OCH3 is 1. The minimum Gasteiger partial charge on any atom is -0.497 e.